The van der Waals surface area contributed by atoms with Crippen LogP contribution in [-0.4, -0.2) is 28.7 Å². The highest BCUT2D eigenvalue weighted by molar-refractivity contribution is 8.00. The Morgan fingerprint density at radius 2 is 1.78 bits per heavy atom. The van der Waals surface area contributed by atoms with E-state index >= 15 is 0 Å². The topological polar surface area (TPSA) is 87.9 Å². The van der Waals surface area contributed by atoms with Crippen molar-refractivity contribution in [3.05, 3.63) is 90.1 Å². The highest BCUT2D eigenvalue weighted by atomic mass is 32.2. The van der Waals surface area contributed by atoms with E-state index in [0.717, 1.165) is 35.0 Å². The van der Waals surface area contributed by atoms with Gasteiger partial charge in [-0.05, 0) is 48.0 Å². The molecule has 0 fully saturated rings. The Morgan fingerprint density at radius 1 is 1.05 bits per heavy atom. The molecule has 1 N–H and O–H groups in total. The van der Waals surface area contributed by atoms with Crippen molar-refractivity contribution in [1.82, 2.24) is 9.97 Å². The summed E-state index contributed by atoms with van der Waals surface area (Å²) in [7, 11) is 1.57. The molecular formula is C27H19F3N4O2S. The van der Waals surface area contributed by atoms with Crippen LogP contribution in [0.1, 0.15) is 11.1 Å². The van der Waals surface area contributed by atoms with Gasteiger partial charge in [-0.25, -0.2) is 9.97 Å². The molecule has 37 heavy (non-hydrogen) atoms. The number of rotatable bonds is 7. The first-order valence-corrected chi connectivity index (χ1v) is 11.9. The van der Waals surface area contributed by atoms with Gasteiger partial charge < -0.3 is 10.1 Å². The third-order valence-corrected chi connectivity index (χ3v) is 6.24. The fraction of sp³-hybridized carbons (Fsp3) is 0.111. The molecule has 1 amide bonds. The highest BCUT2D eigenvalue weighted by Gasteiger charge is 2.30. The summed E-state index contributed by atoms with van der Waals surface area (Å²) in [6, 6.07) is 22.6. The quantitative estimate of drug-likeness (QED) is 0.282. The first-order valence-electron chi connectivity index (χ1n) is 10.9. The van der Waals surface area contributed by atoms with Gasteiger partial charge in [0.25, 0.3) is 0 Å². The number of nitrogens with one attached hydrogen (secondary N) is 1. The number of carbonyl (C=O) groups is 1. The second kappa shape index (κ2) is 11.1. The second-order valence-electron chi connectivity index (χ2n) is 7.71. The Kier molecular flexibility index (Phi) is 7.74. The number of anilines is 1. The minimum Gasteiger partial charge on any atom is -0.497 e. The number of pyridine rings is 2. The molecular weight excluding hydrogens is 501 g/mol. The number of benzene rings is 2. The van der Waals surface area contributed by atoms with E-state index in [9.17, 15) is 23.2 Å². The zero-order chi connectivity index (χ0) is 26.4. The number of carbonyl (C=O) groups excluding carboxylic acids is 1. The van der Waals surface area contributed by atoms with E-state index in [1.54, 1.807) is 19.2 Å². The summed E-state index contributed by atoms with van der Waals surface area (Å²) >= 11 is 1.05. The average Bonchev–Trinajstić information content (AvgIpc) is 2.91. The van der Waals surface area contributed by atoms with Crippen molar-refractivity contribution in [2.45, 2.75) is 11.2 Å². The van der Waals surface area contributed by atoms with Crippen LogP contribution in [0.25, 0.3) is 22.4 Å². The van der Waals surface area contributed by atoms with E-state index in [0.29, 0.717) is 33.8 Å². The van der Waals surface area contributed by atoms with Gasteiger partial charge in [0, 0.05) is 17.3 Å². The first-order chi connectivity index (χ1) is 17.8. The number of methoxy groups -OCH3 is 1. The molecule has 0 aliphatic heterocycles. The van der Waals surface area contributed by atoms with Crippen LogP contribution in [0.2, 0.25) is 0 Å². The number of hydrogen-bond acceptors (Lipinski definition) is 6. The molecule has 2 aromatic heterocycles. The molecule has 10 heteroatoms. The minimum atomic E-state index is -4.52. The lowest BCUT2D eigenvalue weighted by Gasteiger charge is -2.13. The molecule has 6 nitrogen and oxygen atoms in total. The lowest BCUT2D eigenvalue weighted by Crippen LogP contribution is -2.16. The van der Waals surface area contributed by atoms with Crippen molar-refractivity contribution in [2.24, 2.45) is 0 Å². The van der Waals surface area contributed by atoms with Crippen LogP contribution in [0.15, 0.2) is 84.0 Å². The molecule has 0 unspecified atom stereocenters. The van der Waals surface area contributed by atoms with Crippen molar-refractivity contribution in [3.8, 4) is 34.2 Å². The molecule has 2 heterocycles. The van der Waals surface area contributed by atoms with Gasteiger partial charge in [-0.15, -0.1) is 0 Å². The molecule has 0 aliphatic carbocycles. The lowest BCUT2D eigenvalue weighted by atomic mass is 9.99. The molecule has 0 aliphatic rings. The van der Waals surface area contributed by atoms with E-state index in [1.807, 2.05) is 48.5 Å². The number of nitrogens with zero attached hydrogens (tertiary/aromatic N) is 3. The van der Waals surface area contributed by atoms with Crippen molar-refractivity contribution in [1.29, 1.82) is 5.26 Å². The monoisotopic (exact) mass is 520 g/mol. The Hall–Kier alpha value is -4.36. The summed E-state index contributed by atoms with van der Waals surface area (Å²) in [5.74, 6) is 0.0388. The number of amides is 1. The molecule has 2 aromatic carbocycles. The largest absolute Gasteiger partial charge is 0.497 e. The summed E-state index contributed by atoms with van der Waals surface area (Å²) in [4.78, 5) is 20.8. The lowest BCUT2D eigenvalue weighted by molar-refractivity contribution is -0.137. The van der Waals surface area contributed by atoms with Crippen LogP contribution in [0.3, 0.4) is 0 Å². The van der Waals surface area contributed by atoms with Gasteiger partial charge in [0.15, 0.2) is 0 Å². The highest BCUT2D eigenvalue weighted by Crippen LogP contribution is 2.35. The second-order valence-corrected chi connectivity index (χ2v) is 8.67. The summed E-state index contributed by atoms with van der Waals surface area (Å²) in [6.45, 7) is 0. The van der Waals surface area contributed by atoms with Crippen molar-refractivity contribution >= 4 is 23.5 Å². The Morgan fingerprint density at radius 3 is 2.38 bits per heavy atom. The van der Waals surface area contributed by atoms with Crippen LogP contribution in [0, 0.1) is 11.3 Å². The molecule has 0 saturated heterocycles. The van der Waals surface area contributed by atoms with E-state index < -0.39 is 17.6 Å². The van der Waals surface area contributed by atoms with Gasteiger partial charge in [0.05, 0.1) is 29.7 Å². The van der Waals surface area contributed by atoms with Gasteiger partial charge >= 0.3 is 6.18 Å². The molecule has 0 radical (unpaired) electrons. The van der Waals surface area contributed by atoms with E-state index in [1.165, 1.54) is 0 Å². The summed E-state index contributed by atoms with van der Waals surface area (Å²) in [6.07, 6.45) is -3.86. The number of hydrogen-bond donors (Lipinski definition) is 1. The number of ether oxygens (including phenoxy) is 1. The van der Waals surface area contributed by atoms with Gasteiger partial charge in [-0.1, -0.05) is 42.1 Å². The maximum atomic E-state index is 12.7. The van der Waals surface area contributed by atoms with Gasteiger partial charge in [0.1, 0.15) is 22.7 Å². The summed E-state index contributed by atoms with van der Waals surface area (Å²) in [5.41, 5.74) is 2.28. The average molecular weight is 521 g/mol. The van der Waals surface area contributed by atoms with Crippen molar-refractivity contribution in [2.75, 3.05) is 18.2 Å². The number of aromatic nitrogens is 2. The maximum absolute atomic E-state index is 12.7. The van der Waals surface area contributed by atoms with Crippen LogP contribution in [0.4, 0.5) is 19.0 Å². The standard InChI is InChI=1S/C27H19F3N4O2S/c1-36-20-10-7-18(8-11-20)23-13-21(17-5-3-2-4-6-17)22(14-31)26(33-23)37-16-25(35)34-24-12-9-19(15-32-24)27(28,29)30/h2-13,15H,16H2,1H3,(H,32,34,35). The number of nitriles is 1. The number of halogens is 3. The Balaban J connectivity index is 1.61. The molecule has 0 bridgehead atoms. The maximum Gasteiger partial charge on any atom is 0.417 e. The van der Waals surface area contributed by atoms with E-state index in [-0.39, 0.29) is 11.6 Å². The smallest absolute Gasteiger partial charge is 0.417 e. The first kappa shape index (κ1) is 25.7. The zero-order valence-electron chi connectivity index (χ0n) is 19.4. The summed E-state index contributed by atoms with van der Waals surface area (Å²) in [5, 5.41) is 12.8. The molecule has 186 valence electrons. The SMILES string of the molecule is COc1ccc(-c2cc(-c3ccccc3)c(C#N)c(SCC(=O)Nc3ccc(C(F)(F)F)cn3)n2)cc1. The van der Waals surface area contributed by atoms with Gasteiger partial charge in [0.2, 0.25) is 5.91 Å². The summed E-state index contributed by atoms with van der Waals surface area (Å²) < 4.78 is 43.4. The molecule has 4 rings (SSSR count). The molecule has 0 saturated carbocycles. The zero-order valence-corrected chi connectivity index (χ0v) is 20.2. The van der Waals surface area contributed by atoms with E-state index in [4.69, 9.17) is 4.74 Å². The molecule has 0 atom stereocenters. The van der Waals surface area contributed by atoms with Crippen LogP contribution in [-0.2, 0) is 11.0 Å². The third-order valence-electron chi connectivity index (χ3n) is 5.27. The number of alkyl halides is 3. The number of thioether (sulfide) groups is 1. The normalized spacial score (nSPS) is 11.0. The Labute approximate surface area is 215 Å². The van der Waals surface area contributed by atoms with Crippen molar-refractivity contribution in [3.63, 3.8) is 0 Å². The van der Waals surface area contributed by atoms with Crippen molar-refractivity contribution < 1.29 is 22.7 Å². The fourth-order valence-electron chi connectivity index (χ4n) is 3.44. The fourth-order valence-corrected chi connectivity index (χ4v) is 4.24. The van der Waals surface area contributed by atoms with E-state index in [2.05, 4.69) is 21.4 Å². The van der Waals surface area contributed by atoms with Gasteiger partial charge in [-0.3, -0.25) is 4.79 Å². The Bertz CT molecular complexity index is 1440. The third kappa shape index (κ3) is 6.26. The predicted octanol–water partition coefficient (Wildman–Crippen LogP) is 6.44. The van der Waals surface area contributed by atoms with Crippen LogP contribution < -0.4 is 10.1 Å². The van der Waals surface area contributed by atoms with Gasteiger partial charge in [-0.2, -0.15) is 18.4 Å². The molecule has 0 spiro atoms. The minimum absolute atomic E-state index is 0.0102. The van der Waals surface area contributed by atoms with Crippen LogP contribution in [0.5, 0.6) is 5.75 Å². The predicted molar refractivity (Wildman–Crippen MR) is 135 cm³/mol. The van der Waals surface area contributed by atoms with Crippen LogP contribution >= 0.6 is 11.8 Å². The molecule has 4 aromatic rings.